The van der Waals surface area contributed by atoms with Gasteiger partial charge in [0.1, 0.15) is 0 Å². The van der Waals surface area contributed by atoms with Gasteiger partial charge in [-0.3, -0.25) is 0 Å². The molecule has 0 atom stereocenters. The Hall–Kier alpha value is -0.255. The predicted octanol–water partition coefficient (Wildman–Crippen LogP) is 2.22. The first kappa shape index (κ1) is 11.8. The lowest BCUT2D eigenvalue weighted by Crippen LogP contribution is -2.68. The molecule has 1 aromatic rings. The van der Waals surface area contributed by atoms with E-state index in [4.69, 9.17) is 37.2 Å². The van der Waals surface area contributed by atoms with Crippen LogP contribution in [0.4, 0.5) is 0 Å². The van der Waals surface area contributed by atoms with Crippen molar-refractivity contribution >= 4 is 35.4 Å². The molecule has 3 heterocycles. The highest BCUT2D eigenvalue weighted by Gasteiger charge is 2.46. The minimum atomic E-state index is -1.86. The molecule has 3 saturated heterocycles. The zero-order valence-electron chi connectivity index (χ0n) is 9.41. The van der Waals surface area contributed by atoms with Crippen molar-refractivity contribution in [3.05, 3.63) is 28.2 Å². The van der Waals surface area contributed by atoms with E-state index in [9.17, 15) is 0 Å². The molecule has 0 unspecified atom stereocenters. The number of benzene rings is 1. The quantitative estimate of drug-likeness (QED) is 0.735. The van der Waals surface area contributed by atoms with Crippen LogP contribution in [0, 0.1) is 5.41 Å². The minimum Gasteiger partial charge on any atom is -0.540 e. The highest BCUT2D eigenvalue weighted by molar-refractivity contribution is 6.76. The number of halogens is 2. The molecule has 0 amide bonds. The summed E-state index contributed by atoms with van der Waals surface area (Å²) in [6, 6.07) is 5.23. The van der Waals surface area contributed by atoms with Gasteiger partial charge < -0.3 is 14.0 Å². The van der Waals surface area contributed by atoms with E-state index >= 15 is 0 Å². The molecular formula is C11H12BCl2O3-. The molecule has 3 aliphatic rings. The summed E-state index contributed by atoms with van der Waals surface area (Å²) in [4.78, 5) is 0. The third-order valence-electron chi connectivity index (χ3n) is 3.25. The number of fused-ring (bicyclic) bond motifs is 3. The fourth-order valence-corrected chi connectivity index (χ4v) is 2.81. The first-order valence-corrected chi connectivity index (χ1v) is 6.29. The molecule has 0 N–H and O–H groups in total. The highest BCUT2D eigenvalue weighted by atomic mass is 35.5. The third kappa shape index (κ3) is 1.98. The zero-order chi connectivity index (χ0) is 12.1. The molecular weight excluding hydrogens is 262 g/mol. The Balaban J connectivity index is 1.98. The van der Waals surface area contributed by atoms with Gasteiger partial charge in [0.05, 0.1) is 0 Å². The summed E-state index contributed by atoms with van der Waals surface area (Å²) in [5.41, 5.74) is 0.732. The summed E-state index contributed by atoms with van der Waals surface area (Å²) >= 11 is 12.0. The molecule has 0 aliphatic carbocycles. The predicted molar refractivity (Wildman–Crippen MR) is 67.8 cm³/mol. The fraction of sp³-hybridized carbons (Fsp3) is 0.455. The average Bonchev–Trinajstić information content (AvgIpc) is 2.29. The van der Waals surface area contributed by atoms with Crippen molar-refractivity contribution in [3.63, 3.8) is 0 Å². The maximum absolute atomic E-state index is 5.99. The summed E-state index contributed by atoms with van der Waals surface area (Å²) < 4.78 is 17.3. The van der Waals surface area contributed by atoms with E-state index in [2.05, 4.69) is 6.92 Å². The average molecular weight is 274 g/mol. The first-order chi connectivity index (χ1) is 8.01. The van der Waals surface area contributed by atoms with Crippen molar-refractivity contribution in [1.82, 2.24) is 0 Å². The maximum Gasteiger partial charge on any atom is 0.409 e. The molecule has 3 aliphatic heterocycles. The largest absolute Gasteiger partial charge is 0.540 e. The van der Waals surface area contributed by atoms with Crippen LogP contribution in [0.5, 0.6) is 0 Å². The fourth-order valence-electron chi connectivity index (χ4n) is 2.27. The van der Waals surface area contributed by atoms with Crippen molar-refractivity contribution in [2.75, 3.05) is 19.8 Å². The molecule has 1 aromatic carbocycles. The SMILES string of the molecule is CC12CO[B-](c3cc(Cl)cc(Cl)c3)(OC1)OC2. The second-order valence-electron chi connectivity index (χ2n) is 5.09. The van der Waals surface area contributed by atoms with Gasteiger partial charge >= 0.3 is 6.75 Å². The van der Waals surface area contributed by atoms with Crippen LogP contribution >= 0.6 is 23.2 Å². The summed E-state index contributed by atoms with van der Waals surface area (Å²) in [5, 5.41) is 1.11. The number of hydrogen-bond acceptors (Lipinski definition) is 3. The second kappa shape index (κ2) is 3.87. The van der Waals surface area contributed by atoms with Gasteiger partial charge in [0.2, 0.25) is 0 Å². The standard InChI is InChI=1S/C11H12BCl2O3/c1-11-5-15-12(16-6-11,17-7-11)8-2-9(13)4-10(14)3-8/h2-4H,5-7H2,1H3/q-1. The first-order valence-electron chi connectivity index (χ1n) is 5.53. The topological polar surface area (TPSA) is 27.7 Å². The summed E-state index contributed by atoms with van der Waals surface area (Å²) in [6.45, 7) is 2.13. The van der Waals surface area contributed by atoms with Crippen LogP contribution in [0.1, 0.15) is 6.92 Å². The Bertz CT molecular complexity index is 421. The molecule has 2 bridgehead atoms. The van der Waals surface area contributed by atoms with E-state index in [0.29, 0.717) is 29.9 Å². The van der Waals surface area contributed by atoms with Gasteiger partial charge in [-0.1, -0.05) is 42.3 Å². The van der Waals surface area contributed by atoms with Gasteiger partial charge in [-0.05, 0) is 6.07 Å². The Morgan fingerprint density at radius 1 is 1.00 bits per heavy atom. The molecule has 4 rings (SSSR count). The van der Waals surface area contributed by atoms with Crippen molar-refractivity contribution in [2.24, 2.45) is 5.41 Å². The Morgan fingerprint density at radius 3 is 1.94 bits per heavy atom. The van der Waals surface area contributed by atoms with E-state index in [1.54, 1.807) is 18.2 Å². The molecule has 6 heteroatoms. The third-order valence-corrected chi connectivity index (χ3v) is 3.68. The lowest BCUT2D eigenvalue weighted by molar-refractivity contribution is -0.119. The number of hydrogen-bond donors (Lipinski definition) is 0. The van der Waals surface area contributed by atoms with Gasteiger partial charge in [0.25, 0.3) is 0 Å². The van der Waals surface area contributed by atoms with Crippen LogP contribution < -0.4 is 5.46 Å². The van der Waals surface area contributed by atoms with Crippen LogP contribution in [0.25, 0.3) is 0 Å². The number of rotatable bonds is 1. The summed E-state index contributed by atoms with van der Waals surface area (Å²) in [5.74, 6) is 0. The molecule has 3 nitrogen and oxygen atoms in total. The Kier molecular flexibility index (Phi) is 2.69. The lowest BCUT2D eigenvalue weighted by atomic mass is 9.64. The molecule has 92 valence electrons. The van der Waals surface area contributed by atoms with Gasteiger partial charge in [-0.25, -0.2) is 0 Å². The van der Waals surface area contributed by atoms with E-state index in [1.165, 1.54) is 0 Å². The smallest absolute Gasteiger partial charge is 0.409 e. The van der Waals surface area contributed by atoms with Crippen molar-refractivity contribution in [3.8, 4) is 0 Å². The van der Waals surface area contributed by atoms with Crippen LogP contribution in [-0.2, 0) is 14.0 Å². The Labute approximate surface area is 110 Å². The minimum absolute atomic E-state index is 0.0358. The zero-order valence-corrected chi connectivity index (χ0v) is 10.9. The monoisotopic (exact) mass is 273 g/mol. The van der Waals surface area contributed by atoms with Gasteiger partial charge in [-0.2, -0.15) is 0 Å². The molecule has 3 fully saturated rings. The van der Waals surface area contributed by atoms with Gasteiger partial charge in [0.15, 0.2) is 0 Å². The maximum atomic E-state index is 5.99. The lowest BCUT2D eigenvalue weighted by Gasteiger charge is -2.58. The van der Waals surface area contributed by atoms with Crippen LogP contribution in [-0.4, -0.2) is 26.6 Å². The van der Waals surface area contributed by atoms with Gasteiger partial charge in [0, 0.05) is 35.3 Å². The second-order valence-corrected chi connectivity index (χ2v) is 5.96. The van der Waals surface area contributed by atoms with Crippen LogP contribution in [0.3, 0.4) is 0 Å². The van der Waals surface area contributed by atoms with Gasteiger partial charge in [-0.15, -0.1) is 5.46 Å². The summed E-state index contributed by atoms with van der Waals surface area (Å²) in [7, 11) is 0. The molecule has 0 radical (unpaired) electrons. The van der Waals surface area contributed by atoms with E-state index in [1.807, 2.05) is 0 Å². The Morgan fingerprint density at radius 2 is 1.47 bits per heavy atom. The molecule has 0 aromatic heterocycles. The van der Waals surface area contributed by atoms with Crippen LogP contribution in [0.2, 0.25) is 10.0 Å². The molecule has 0 spiro atoms. The van der Waals surface area contributed by atoms with Crippen LogP contribution in [0.15, 0.2) is 18.2 Å². The van der Waals surface area contributed by atoms with Crippen molar-refractivity contribution in [1.29, 1.82) is 0 Å². The van der Waals surface area contributed by atoms with E-state index < -0.39 is 6.75 Å². The summed E-state index contributed by atoms with van der Waals surface area (Å²) in [6.07, 6.45) is 0. The van der Waals surface area contributed by atoms with Crippen molar-refractivity contribution < 1.29 is 14.0 Å². The normalized spacial score (nSPS) is 36.2. The van der Waals surface area contributed by atoms with E-state index in [0.717, 1.165) is 5.46 Å². The van der Waals surface area contributed by atoms with Crippen molar-refractivity contribution in [2.45, 2.75) is 6.92 Å². The highest BCUT2D eigenvalue weighted by Crippen LogP contribution is 2.35. The molecule has 0 saturated carbocycles. The molecule has 17 heavy (non-hydrogen) atoms. The van der Waals surface area contributed by atoms with E-state index in [-0.39, 0.29) is 5.41 Å².